The molecule has 1 heterocycles. The summed E-state index contributed by atoms with van der Waals surface area (Å²) >= 11 is 0. The maximum absolute atomic E-state index is 10.3. The van der Waals surface area contributed by atoms with E-state index in [9.17, 15) is 4.79 Å². The van der Waals surface area contributed by atoms with Crippen LogP contribution in [0, 0.1) is 0 Å². The lowest BCUT2D eigenvalue weighted by molar-refractivity contribution is -0.108. The van der Waals surface area contributed by atoms with Crippen LogP contribution in [-0.2, 0) is 4.79 Å². The van der Waals surface area contributed by atoms with Crippen molar-refractivity contribution in [1.82, 2.24) is 14.9 Å². The van der Waals surface area contributed by atoms with Crippen LogP contribution in [0.1, 0.15) is 19.8 Å². The molecule has 0 fully saturated rings. The van der Waals surface area contributed by atoms with Gasteiger partial charge in [-0.1, -0.05) is 0 Å². The van der Waals surface area contributed by atoms with Crippen molar-refractivity contribution in [1.29, 1.82) is 0 Å². The van der Waals surface area contributed by atoms with Gasteiger partial charge in [0.05, 0.1) is 0 Å². The molecule has 0 aromatic carbocycles. The molecule has 0 aromatic heterocycles. The van der Waals surface area contributed by atoms with E-state index in [0.29, 0.717) is 12.5 Å². The molecule has 0 saturated carbocycles. The fraction of sp³-hybridized carbons (Fsp3) is 0.727. The van der Waals surface area contributed by atoms with Crippen molar-refractivity contribution in [3.05, 3.63) is 11.9 Å². The van der Waals surface area contributed by atoms with Crippen molar-refractivity contribution < 1.29 is 4.79 Å². The molecule has 1 aliphatic heterocycles. The number of carbonyl (C=O) groups is 1. The van der Waals surface area contributed by atoms with Crippen LogP contribution >= 0.6 is 0 Å². The highest BCUT2D eigenvalue weighted by atomic mass is 16.1. The number of nitrogens with zero attached hydrogens (tertiary/aromatic N) is 3. The lowest BCUT2D eigenvalue weighted by atomic mass is 10.3. The van der Waals surface area contributed by atoms with Gasteiger partial charge in [-0.05, 0) is 19.4 Å². The van der Waals surface area contributed by atoms with Gasteiger partial charge in [0.2, 0.25) is 0 Å². The van der Waals surface area contributed by atoms with E-state index in [-0.39, 0.29) is 0 Å². The van der Waals surface area contributed by atoms with Crippen LogP contribution in [0.4, 0.5) is 0 Å². The van der Waals surface area contributed by atoms with Gasteiger partial charge in [-0.3, -0.25) is 5.01 Å². The number of hydrazine groups is 1. The summed E-state index contributed by atoms with van der Waals surface area (Å²) in [5.41, 5.74) is 0. The monoisotopic (exact) mass is 211 g/mol. The Morgan fingerprint density at radius 1 is 1.53 bits per heavy atom. The van der Waals surface area contributed by atoms with Crippen LogP contribution < -0.4 is 0 Å². The minimum absolute atomic E-state index is 0.429. The molecule has 86 valence electrons. The summed E-state index contributed by atoms with van der Waals surface area (Å²) in [6, 6.07) is 0.429. The van der Waals surface area contributed by atoms with Gasteiger partial charge in [0.15, 0.2) is 0 Å². The zero-order valence-corrected chi connectivity index (χ0v) is 10.1. The van der Waals surface area contributed by atoms with Crippen molar-refractivity contribution in [2.45, 2.75) is 25.8 Å². The van der Waals surface area contributed by atoms with Crippen LogP contribution in [0.2, 0.25) is 0 Å². The highest BCUT2D eigenvalue weighted by Gasteiger charge is 2.26. The topological polar surface area (TPSA) is 26.8 Å². The highest BCUT2D eigenvalue weighted by Crippen LogP contribution is 2.22. The Balaban J connectivity index is 2.59. The van der Waals surface area contributed by atoms with E-state index in [1.54, 1.807) is 0 Å². The Morgan fingerprint density at radius 2 is 2.20 bits per heavy atom. The van der Waals surface area contributed by atoms with Crippen molar-refractivity contribution in [2.75, 3.05) is 27.7 Å². The van der Waals surface area contributed by atoms with Gasteiger partial charge in [0, 0.05) is 40.2 Å². The number of hydrogen-bond acceptors (Lipinski definition) is 4. The van der Waals surface area contributed by atoms with Gasteiger partial charge in [0.25, 0.3) is 0 Å². The molecule has 4 nitrogen and oxygen atoms in total. The molecule has 0 spiro atoms. The zero-order valence-electron chi connectivity index (χ0n) is 10.1. The average molecular weight is 211 g/mol. The Labute approximate surface area is 92.1 Å². The van der Waals surface area contributed by atoms with Crippen LogP contribution in [0.5, 0.6) is 0 Å². The second kappa shape index (κ2) is 5.16. The molecule has 1 aliphatic rings. The number of hydrogen-bond donors (Lipinski definition) is 0. The molecule has 0 aromatic rings. The summed E-state index contributed by atoms with van der Waals surface area (Å²) < 4.78 is 0. The highest BCUT2D eigenvalue weighted by molar-refractivity contribution is 5.49. The summed E-state index contributed by atoms with van der Waals surface area (Å²) in [6.45, 7) is 3.08. The van der Waals surface area contributed by atoms with Crippen LogP contribution in [0.15, 0.2) is 11.9 Å². The predicted octanol–water partition coefficient (Wildman–Crippen LogP) is 0.919. The lowest BCUT2D eigenvalue weighted by Crippen LogP contribution is -2.41. The van der Waals surface area contributed by atoms with Gasteiger partial charge >= 0.3 is 0 Å². The summed E-state index contributed by atoms with van der Waals surface area (Å²) in [7, 11) is 6.17. The Bertz CT molecular complexity index is 250. The quantitative estimate of drug-likeness (QED) is 0.499. The first kappa shape index (κ1) is 12.0. The van der Waals surface area contributed by atoms with E-state index in [0.717, 1.165) is 19.3 Å². The molecule has 15 heavy (non-hydrogen) atoms. The van der Waals surface area contributed by atoms with Crippen molar-refractivity contribution in [3.8, 4) is 0 Å². The van der Waals surface area contributed by atoms with Crippen molar-refractivity contribution in [3.63, 3.8) is 0 Å². The molecule has 4 heteroatoms. The van der Waals surface area contributed by atoms with E-state index < -0.39 is 0 Å². The normalized spacial score (nSPS) is 21.7. The zero-order chi connectivity index (χ0) is 11.4. The summed E-state index contributed by atoms with van der Waals surface area (Å²) in [5, 5.41) is 4.44. The first-order valence-corrected chi connectivity index (χ1v) is 5.41. The average Bonchev–Trinajstić information content (AvgIpc) is 2.46. The molecule has 0 aliphatic carbocycles. The van der Waals surface area contributed by atoms with Crippen molar-refractivity contribution >= 4 is 6.29 Å². The summed E-state index contributed by atoms with van der Waals surface area (Å²) in [6.07, 6.45) is 4.77. The van der Waals surface area contributed by atoms with Crippen molar-refractivity contribution in [2.24, 2.45) is 0 Å². The SMILES string of the molecule is CC1C=C(N(C)C)N(CCCC=O)N1C. The second-order valence-electron chi connectivity index (χ2n) is 4.17. The largest absolute Gasteiger partial charge is 0.364 e. The smallest absolute Gasteiger partial charge is 0.120 e. The number of unbranched alkanes of at least 4 members (excludes halogenated alkanes) is 1. The molecule has 0 saturated heterocycles. The summed E-state index contributed by atoms with van der Waals surface area (Å²) in [4.78, 5) is 12.4. The van der Waals surface area contributed by atoms with Gasteiger partial charge in [-0.15, -0.1) is 0 Å². The molecule has 0 amide bonds. The minimum Gasteiger partial charge on any atom is -0.364 e. The number of carbonyl (C=O) groups excluding carboxylic acids is 1. The molecule has 0 N–H and O–H groups in total. The molecular weight excluding hydrogens is 190 g/mol. The van der Waals surface area contributed by atoms with E-state index in [1.165, 1.54) is 5.82 Å². The fourth-order valence-corrected chi connectivity index (χ4v) is 1.77. The number of likely N-dealkylation sites (N-methyl/N-ethyl adjacent to an activating group) is 1. The first-order chi connectivity index (χ1) is 7.07. The lowest BCUT2D eigenvalue weighted by Gasteiger charge is -2.33. The number of rotatable bonds is 5. The maximum Gasteiger partial charge on any atom is 0.120 e. The number of aldehydes is 1. The van der Waals surface area contributed by atoms with E-state index in [4.69, 9.17) is 0 Å². The van der Waals surface area contributed by atoms with Gasteiger partial charge in [-0.2, -0.15) is 0 Å². The molecule has 1 atom stereocenters. The third-order valence-corrected chi connectivity index (χ3v) is 2.78. The van der Waals surface area contributed by atoms with Gasteiger partial charge < -0.3 is 9.69 Å². The van der Waals surface area contributed by atoms with Gasteiger partial charge in [0.1, 0.15) is 12.1 Å². The van der Waals surface area contributed by atoms with Gasteiger partial charge in [-0.25, -0.2) is 5.01 Å². The molecule has 0 radical (unpaired) electrons. The molecule has 1 unspecified atom stereocenters. The van der Waals surface area contributed by atoms with E-state index in [2.05, 4.69) is 35.0 Å². The summed E-state index contributed by atoms with van der Waals surface area (Å²) in [5.74, 6) is 1.22. The van der Waals surface area contributed by atoms with Crippen LogP contribution in [-0.4, -0.2) is 54.9 Å². The Hall–Kier alpha value is -1.03. The fourth-order valence-electron chi connectivity index (χ4n) is 1.77. The maximum atomic E-state index is 10.3. The Kier molecular flexibility index (Phi) is 4.15. The van der Waals surface area contributed by atoms with E-state index in [1.807, 2.05) is 14.1 Å². The van der Waals surface area contributed by atoms with Crippen LogP contribution in [0.3, 0.4) is 0 Å². The third-order valence-electron chi connectivity index (χ3n) is 2.78. The molecule has 1 rings (SSSR count). The molecular formula is C11H21N3O. The Morgan fingerprint density at radius 3 is 2.73 bits per heavy atom. The minimum atomic E-state index is 0.429. The van der Waals surface area contributed by atoms with E-state index >= 15 is 0 Å². The standard InChI is InChI=1S/C11H21N3O/c1-10-9-11(12(2)3)14(13(10)4)7-5-6-8-15/h8-10H,5-7H2,1-4H3. The second-order valence-corrected chi connectivity index (χ2v) is 4.17. The molecule has 0 bridgehead atoms. The predicted molar refractivity (Wildman–Crippen MR) is 61.0 cm³/mol. The first-order valence-electron chi connectivity index (χ1n) is 5.41. The third kappa shape index (κ3) is 2.72. The van der Waals surface area contributed by atoms with Crippen LogP contribution in [0.25, 0.3) is 0 Å².